The quantitative estimate of drug-likeness (QED) is 0.468. The maximum atomic E-state index is 13.7. The number of hydrogen-bond donors (Lipinski definition) is 1. The Balaban J connectivity index is 2.03. The van der Waals surface area contributed by atoms with Crippen LogP contribution >= 0.6 is 11.6 Å². The Morgan fingerprint density at radius 2 is 1.75 bits per heavy atom. The average molecular weight is 477 g/mol. The van der Waals surface area contributed by atoms with Crippen LogP contribution < -0.4 is 9.62 Å². The van der Waals surface area contributed by atoms with Gasteiger partial charge in [-0.2, -0.15) is 0 Å². The zero-order valence-corrected chi connectivity index (χ0v) is 18.9. The molecule has 0 saturated carbocycles. The van der Waals surface area contributed by atoms with Crippen LogP contribution in [0.15, 0.2) is 77.7 Å². The van der Waals surface area contributed by atoms with Crippen LogP contribution in [0.25, 0.3) is 0 Å². The SMILES string of the molecule is COCCNC(=O)c1ccc(Cl)c(S(=O)(=O)N(Cc2ccccc2)c2ccc(F)cc2)c1. The highest BCUT2D eigenvalue weighted by molar-refractivity contribution is 7.93. The molecule has 0 spiro atoms. The zero-order valence-electron chi connectivity index (χ0n) is 17.3. The van der Waals surface area contributed by atoms with Crippen LogP contribution in [0.3, 0.4) is 0 Å². The van der Waals surface area contributed by atoms with Crippen LogP contribution in [0.2, 0.25) is 5.02 Å². The van der Waals surface area contributed by atoms with Gasteiger partial charge in [-0.25, -0.2) is 12.8 Å². The van der Waals surface area contributed by atoms with E-state index >= 15 is 0 Å². The molecular formula is C23H22ClFN2O4S. The van der Waals surface area contributed by atoms with Crippen molar-refractivity contribution in [3.05, 3.63) is 94.8 Å². The molecule has 1 amide bonds. The third-order valence-electron chi connectivity index (χ3n) is 4.64. The molecule has 0 aliphatic rings. The Labute approximate surface area is 191 Å². The van der Waals surface area contributed by atoms with E-state index in [9.17, 15) is 17.6 Å². The summed E-state index contributed by atoms with van der Waals surface area (Å²) in [5, 5.41) is 2.62. The van der Waals surface area contributed by atoms with E-state index in [0.717, 1.165) is 9.87 Å². The summed E-state index contributed by atoms with van der Waals surface area (Å²) in [5.74, 6) is -0.940. The summed E-state index contributed by atoms with van der Waals surface area (Å²) in [6.07, 6.45) is 0. The number of ether oxygens (including phenoxy) is 1. The fourth-order valence-electron chi connectivity index (χ4n) is 3.00. The Hall–Kier alpha value is -2.94. The fraction of sp³-hybridized carbons (Fsp3) is 0.174. The molecule has 6 nitrogen and oxygen atoms in total. The van der Waals surface area contributed by atoms with Crippen LogP contribution in [0.5, 0.6) is 0 Å². The summed E-state index contributed by atoms with van der Waals surface area (Å²) in [6.45, 7) is 0.588. The van der Waals surface area contributed by atoms with Gasteiger partial charge in [-0.15, -0.1) is 0 Å². The number of nitrogens with zero attached hydrogens (tertiary/aromatic N) is 1. The topological polar surface area (TPSA) is 75.7 Å². The highest BCUT2D eigenvalue weighted by Crippen LogP contribution is 2.31. The monoisotopic (exact) mass is 476 g/mol. The molecular weight excluding hydrogens is 455 g/mol. The van der Waals surface area contributed by atoms with E-state index in [2.05, 4.69) is 5.32 Å². The minimum atomic E-state index is -4.20. The standard InChI is InChI=1S/C23H22ClFN2O4S/c1-31-14-13-26-23(28)18-7-12-21(24)22(15-18)32(29,30)27(16-17-5-3-2-4-6-17)20-10-8-19(25)9-11-20/h2-12,15H,13-14,16H2,1H3,(H,26,28). The number of carbonyl (C=O) groups excluding carboxylic acids is 1. The van der Waals surface area contributed by atoms with Gasteiger partial charge < -0.3 is 10.1 Å². The smallest absolute Gasteiger partial charge is 0.266 e. The second kappa shape index (κ2) is 10.6. The van der Waals surface area contributed by atoms with Crippen molar-refractivity contribution in [1.82, 2.24) is 5.32 Å². The number of benzene rings is 3. The molecule has 32 heavy (non-hydrogen) atoms. The third-order valence-corrected chi connectivity index (χ3v) is 6.89. The van der Waals surface area contributed by atoms with Gasteiger partial charge in [0, 0.05) is 19.2 Å². The molecule has 0 atom stereocenters. The first-order chi connectivity index (χ1) is 15.3. The molecule has 0 heterocycles. The number of rotatable bonds is 9. The predicted octanol–water partition coefficient (Wildman–Crippen LogP) is 4.25. The molecule has 1 N–H and O–H groups in total. The molecule has 168 valence electrons. The first kappa shape index (κ1) is 23.7. The predicted molar refractivity (Wildman–Crippen MR) is 122 cm³/mol. The first-order valence-electron chi connectivity index (χ1n) is 9.72. The third kappa shape index (κ3) is 5.64. The molecule has 0 bridgehead atoms. The zero-order chi connectivity index (χ0) is 23.1. The second-order valence-electron chi connectivity index (χ2n) is 6.87. The van der Waals surface area contributed by atoms with E-state index < -0.39 is 21.7 Å². The van der Waals surface area contributed by atoms with Crippen LogP contribution in [0.1, 0.15) is 15.9 Å². The number of methoxy groups -OCH3 is 1. The largest absolute Gasteiger partial charge is 0.383 e. The Bertz CT molecular complexity index is 1170. The van der Waals surface area contributed by atoms with Crippen LogP contribution in [0.4, 0.5) is 10.1 Å². The lowest BCUT2D eigenvalue weighted by molar-refractivity contribution is 0.0937. The van der Waals surface area contributed by atoms with Crippen LogP contribution in [0, 0.1) is 5.82 Å². The first-order valence-corrected chi connectivity index (χ1v) is 11.5. The molecule has 0 fully saturated rings. The van der Waals surface area contributed by atoms with E-state index in [4.69, 9.17) is 16.3 Å². The van der Waals surface area contributed by atoms with Crippen LogP contribution in [-0.4, -0.2) is 34.6 Å². The molecule has 3 aromatic carbocycles. The Morgan fingerprint density at radius 3 is 2.41 bits per heavy atom. The highest BCUT2D eigenvalue weighted by Gasteiger charge is 2.28. The van der Waals surface area contributed by atoms with Crippen molar-refractivity contribution in [3.8, 4) is 0 Å². The maximum Gasteiger partial charge on any atom is 0.266 e. The minimum absolute atomic E-state index is 0.00457. The van der Waals surface area contributed by atoms with Crippen molar-refractivity contribution in [1.29, 1.82) is 0 Å². The van der Waals surface area contributed by atoms with E-state index in [1.807, 2.05) is 6.07 Å². The summed E-state index contributed by atoms with van der Waals surface area (Å²) in [5.41, 5.74) is 1.13. The lowest BCUT2D eigenvalue weighted by Gasteiger charge is -2.25. The minimum Gasteiger partial charge on any atom is -0.383 e. The van der Waals surface area contributed by atoms with Gasteiger partial charge in [0.25, 0.3) is 15.9 Å². The molecule has 3 rings (SSSR count). The van der Waals surface area contributed by atoms with Gasteiger partial charge >= 0.3 is 0 Å². The van der Waals surface area contributed by atoms with Crippen molar-refractivity contribution in [3.63, 3.8) is 0 Å². The molecule has 0 saturated heterocycles. The molecule has 3 aromatic rings. The summed E-state index contributed by atoms with van der Waals surface area (Å²) in [7, 11) is -2.69. The number of sulfonamides is 1. The maximum absolute atomic E-state index is 13.7. The van der Waals surface area contributed by atoms with E-state index in [1.54, 1.807) is 24.3 Å². The number of carbonyl (C=O) groups is 1. The summed E-state index contributed by atoms with van der Waals surface area (Å²) >= 11 is 6.25. The van der Waals surface area contributed by atoms with Crippen molar-refractivity contribution in [2.75, 3.05) is 24.6 Å². The Kier molecular flexibility index (Phi) is 7.84. The van der Waals surface area contributed by atoms with Gasteiger partial charge in [0.05, 0.1) is 23.9 Å². The van der Waals surface area contributed by atoms with Gasteiger partial charge in [-0.05, 0) is 48.0 Å². The van der Waals surface area contributed by atoms with E-state index in [1.165, 1.54) is 49.6 Å². The van der Waals surface area contributed by atoms with Crippen LogP contribution in [-0.2, 0) is 21.3 Å². The van der Waals surface area contributed by atoms with Gasteiger partial charge in [-0.1, -0.05) is 41.9 Å². The van der Waals surface area contributed by atoms with E-state index in [-0.39, 0.29) is 34.3 Å². The lowest BCUT2D eigenvalue weighted by atomic mass is 10.2. The molecule has 0 aliphatic carbocycles. The molecule has 9 heteroatoms. The lowest BCUT2D eigenvalue weighted by Crippen LogP contribution is -2.31. The van der Waals surface area contributed by atoms with Gasteiger partial charge in [-0.3, -0.25) is 9.10 Å². The normalized spacial score (nSPS) is 11.2. The second-order valence-corrected chi connectivity index (χ2v) is 9.11. The average Bonchev–Trinajstić information content (AvgIpc) is 2.79. The van der Waals surface area contributed by atoms with Crippen molar-refractivity contribution < 1.29 is 22.3 Å². The number of amides is 1. The van der Waals surface area contributed by atoms with Gasteiger partial charge in [0.2, 0.25) is 0 Å². The van der Waals surface area contributed by atoms with Crippen molar-refractivity contribution in [2.45, 2.75) is 11.4 Å². The summed E-state index contributed by atoms with van der Waals surface area (Å²) in [6, 6.07) is 18.2. The Morgan fingerprint density at radius 1 is 1.06 bits per heavy atom. The van der Waals surface area contributed by atoms with Crippen molar-refractivity contribution >= 4 is 33.2 Å². The molecule has 0 unspecified atom stereocenters. The van der Waals surface area contributed by atoms with Gasteiger partial charge in [0.15, 0.2) is 0 Å². The van der Waals surface area contributed by atoms with E-state index in [0.29, 0.717) is 6.61 Å². The fourth-order valence-corrected chi connectivity index (χ4v) is 4.96. The summed E-state index contributed by atoms with van der Waals surface area (Å²) < 4.78 is 46.9. The highest BCUT2D eigenvalue weighted by atomic mass is 35.5. The van der Waals surface area contributed by atoms with Gasteiger partial charge in [0.1, 0.15) is 10.7 Å². The number of anilines is 1. The number of nitrogens with one attached hydrogen (secondary N) is 1. The summed E-state index contributed by atoms with van der Waals surface area (Å²) in [4.78, 5) is 12.2. The number of halogens is 2. The van der Waals surface area contributed by atoms with Crippen molar-refractivity contribution in [2.24, 2.45) is 0 Å². The molecule has 0 aromatic heterocycles. The molecule has 0 radical (unpaired) electrons. The molecule has 0 aliphatic heterocycles. The number of hydrogen-bond acceptors (Lipinski definition) is 4.